The van der Waals surface area contributed by atoms with Crippen LogP contribution in [0.5, 0.6) is 0 Å². The first-order chi connectivity index (χ1) is 9.02. The van der Waals surface area contributed by atoms with Gasteiger partial charge in [-0.15, -0.1) is 0 Å². The second-order valence-electron chi connectivity index (χ2n) is 6.85. The summed E-state index contributed by atoms with van der Waals surface area (Å²) in [5.74, 6) is 1.02. The molecule has 0 amide bonds. The molecule has 0 N–H and O–H groups in total. The van der Waals surface area contributed by atoms with E-state index in [0.29, 0.717) is 17.0 Å². The van der Waals surface area contributed by atoms with Gasteiger partial charge in [0.15, 0.2) is 11.6 Å². The van der Waals surface area contributed by atoms with E-state index in [1.54, 1.807) is 0 Å². The van der Waals surface area contributed by atoms with E-state index < -0.39 is 0 Å². The van der Waals surface area contributed by atoms with Crippen LogP contribution in [0.25, 0.3) is 0 Å². The first kappa shape index (κ1) is 11.4. The average Bonchev–Trinajstić information content (AvgIpc) is 3.06. The fraction of sp³-hybridized carbons (Fsp3) is 0.529. The lowest BCUT2D eigenvalue weighted by Gasteiger charge is -2.38. The molecule has 0 spiro atoms. The van der Waals surface area contributed by atoms with Gasteiger partial charge in [-0.1, -0.05) is 24.6 Å². The highest BCUT2D eigenvalue weighted by Crippen LogP contribution is 2.67. The molecule has 0 aromatic heterocycles. The molecule has 4 unspecified atom stereocenters. The number of benzene rings is 1. The maximum atomic E-state index is 12.8. The quantitative estimate of drug-likeness (QED) is 0.711. The molecule has 3 aliphatic rings. The van der Waals surface area contributed by atoms with Gasteiger partial charge in [0.2, 0.25) is 0 Å². The summed E-state index contributed by atoms with van der Waals surface area (Å²) in [4.78, 5) is 25.5. The highest BCUT2D eigenvalue weighted by Gasteiger charge is 2.64. The van der Waals surface area contributed by atoms with Crippen LogP contribution in [-0.4, -0.2) is 11.6 Å². The summed E-state index contributed by atoms with van der Waals surface area (Å²) in [6.45, 7) is 4.18. The molecular formula is C17H18O2. The Hall–Kier alpha value is -1.44. The summed E-state index contributed by atoms with van der Waals surface area (Å²) >= 11 is 0. The van der Waals surface area contributed by atoms with Crippen molar-refractivity contribution in [2.75, 3.05) is 0 Å². The fourth-order valence-electron chi connectivity index (χ4n) is 4.50. The van der Waals surface area contributed by atoms with Gasteiger partial charge in [-0.2, -0.15) is 0 Å². The van der Waals surface area contributed by atoms with Crippen LogP contribution >= 0.6 is 0 Å². The van der Waals surface area contributed by atoms with Gasteiger partial charge in [-0.3, -0.25) is 9.59 Å². The van der Waals surface area contributed by atoms with E-state index >= 15 is 0 Å². The zero-order chi connectivity index (χ0) is 13.4. The Morgan fingerprint density at radius 3 is 2.68 bits per heavy atom. The van der Waals surface area contributed by atoms with Crippen LogP contribution in [0.4, 0.5) is 0 Å². The number of rotatable bonds is 0. The van der Waals surface area contributed by atoms with E-state index in [-0.39, 0.29) is 28.8 Å². The first-order valence-electron chi connectivity index (χ1n) is 7.21. The third-order valence-corrected chi connectivity index (χ3v) is 5.72. The van der Waals surface area contributed by atoms with Crippen LogP contribution in [-0.2, 0) is 0 Å². The van der Waals surface area contributed by atoms with E-state index in [1.165, 1.54) is 0 Å². The molecule has 0 saturated heterocycles. The zero-order valence-corrected chi connectivity index (χ0v) is 11.4. The molecule has 98 valence electrons. The molecule has 4 atom stereocenters. The molecule has 3 aliphatic carbocycles. The Labute approximate surface area is 113 Å². The van der Waals surface area contributed by atoms with E-state index in [1.807, 2.05) is 25.1 Å². The number of Topliss-reactive ketones (excluding diaryl/α,β-unsaturated/α-hetero) is 2. The molecule has 0 heterocycles. The van der Waals surface area contributed by atoms with E-state index in [2.05, 4.69) is 6.92 Å². The van der Waals surface area contributed by atoms with Crippen LogP contribution in [0, 0.1) is 30.1 Å². The molecule has 0 radical (unpaired) electrons. The largest absolute Gasteiger partial charge is 0.294 e. The van der Waals surface area contributed by atoms with Crippen molar-refractivity contribution in [1.29, 1.82) is 0 Å². The Kier molecular flexibility index (Phi) is 2.01. The summed E-state index contributed by atoms with van der Waals surface area (Å²) in [6, 6.07) is 5.70. The predicted molar refractivity (Wildman–Crippen MR) is 72.3 cm³/mol. The first-order valence-corrected chi connectivity index (χ1v) is 7.21. The van der Waals surface area contributed by atoms with Gasteiger partial charge in [-0.25, -0.2) is 0 Å². The third-order valence-electron chi connectivity index (χ3n) is 5.72. The summed E-state index contributed by atoms with van der Waals surface area (Å²) in [6.07, 6.45) is 3.16. The zero-order valence-electron chi connectivity index (χ0n) is 11.4. The van der Waals surface area contributed by atoms with Crippen LogP contribution in [0.1, 0.15) is 52.5 Å². The van der Waals surface area contributed by atoms with E-state index in [9.17, 15) is 9.59 Å². The number of fused-ring (bicyclic) bond motifs is 4. The highest BCUT2D eigenvalue weighted by molar-refractivity contribution is 6.16. The molecule has 1 aromatic carbocycles. The second kappa shape index (κ2) is 3.36. The van der Waals surface area contributed by atoms with Crippen molar-refractivity contribution in [3.05, 3.63) is 34.9 Å². The molecule has 0 aliphatic heterocycles. The smallest absolute Gasteiger partial charge is 0.167 e. The van der Waals surface area contributed by atoms with Crippen LogP contribution < -0.4 is 0 Å². The van der Waals surface area contributed by atoms with Gasteiger partial charge in [-0.05, 0) is 43.6 Å². The maximum absolute atomic E-state index is 12.8. The Balaban J connectivity index is 1.89. The van der Waals surface area contributed by atoms with E-state index in [0.717, 1.165) is 24.8 Å². The normalized spacial score (nSPS) is 39.4. The van der Waals surface area contributed by atoms with Crippen molar-refractivity contribution in [3.8, 4) is 0 Å². The lowest BCUT2D eigenvalue weighted by molar-refractivity contribution is 0.0570. The average molecular weight is 254 g/mol. The van der Waals surface area contributed by atoms with E-state index in [4.69, 9.17) is 0 Å². The summed E-state index contributed by atoms with van der Waals surface area (Å²) < 4.78 is 0. The van der Waals surface area contributed by atoms with Gasteiger partial charge in [0, 0.05) is 23.0 Å². The number of carbonyl (C=O) groups excluding carboxylic acids is 2. The minimum absolute atomic E-state index is 0.0473. The predicted octanol–water partition coefficient (Wildman–Crippen LogP) is 3.43. The van der Waals surface area contributed by atoms with Gasteiger partial charge in [0.1, 0.15) is 0 Å². The minimum Gasteiger partial charge on any atom is -0.294 e. The number of carbonyl (C=O) groups is 2. The van der Waals surface area contributed by atoms with Crippen molar-refractivity contribution in [2.45, 2.75) is 33.1 Å². The van der Waals surface area contributed by atoms with Crippen LogP contribution in [0.2, 0.25) is 0 Å². The fourth-order valence-corrected chi connectivity index (χ4v) is 4.50. The van der Waals surface area contributed by atoms with Gasteiger partial charge in [0.25, 0.3) is 0 Å². The van der Waals surface area contributed by atoms with Crippen LogP contribution in [0.3, 0.4) is 0 Å². The molecule has 4 rings (SSSR count). The SMILES string of the molecule is Cc1ccc2c(c1)C(=O)C1CCC3CC3(C)C1C2=O. The van der Waals surface area contributed by atoms with Crippen molar-refractivity contribution in [3.63, 3.8) is 0 Å². The monoisotopic (exact) mass is 254 g/mol. The van der Waals surface area contributed by atoms with Crippen molar-refractivity contribution < 1.29 is 9.59 Å². The molecule has 19 heavy (non-hydrogen) atoms. The topological polar surface area (TPSA) is 34.1 Å². The minimum atomic E-state index is -0.0504. The Morgan fingerprint density at radius 2 is 1.89 bits per heavy atom. The molecule has 1 aromatic rings. The van der Waals surface area contributed by atoms with Gasteiger partial charge >= 0.3 is 0 Å². The number of hydrogen-bond acceptors (Lipinski definition) is 2. The third kappa shape index (κ3) is 1.32. The second-order valence-corrected chi connectivity index (χ2v) is 6.85. The van der Waals surface area contributed by atoms with Gasteiger partial charge < -0.3 is 0 Å². The van der Waals surface area contributed by atoms with Crippen molar-refractivity contribution in [1.82, 2.24) is 0 Å². The van der Waals surface area contributed by atoms with Gasteiger partial charge in [0.05, 0.1) is 0 Å². The lowest BCUT2D eigenvalue weighted by Crippen LogP contribution is -2.43. The molecule has 2 heteroatoms. The lowest BCUT2D eigenvalue weighted by atomic mass is 9.62. The summed E-state index contributed by atoms with van der Waals surface area (Å²) in [5, 5.41) is 0. The van der Waals surface area contributed by atoms with Crippen molar-refractivity contribution >= 4 is 11.6 Å². The standard InChI is InChI=1S/C17H18O2/c1-9-3-5-11-13(7-9)15(18)12-6-4-10-8-17(10,2)14(12)16(11)19/h3,5,7,10,12,14H,4,6,8H2,1-2H3. The molecule has 2 saturated carbocycles. The number of hydrogen-bond donors (Lipinski definition) is 0. The number of aryl methyl sites for hydroxylation is 1. The Morgan fingerprint density at radius 1 is 1.11 bits per heavy atom. The van der Waals surface area contributed by atoms with Crippen molar-refractivity contribution in [2.24, 2.45) is 23.2 Å². The molecule has 0 bridgehead atoms. The maximum Gasteiger partial charge on any atom is 0.167 e. The van der Waals surface area contributed by atoms with Crippen LogP contribution in [0.15, 0.2) is 18.2 Å². The number of ketones is 2. The molecule has 2 fully saturated rings. The summed E-state index contributed by atoms with van der Waals surface area (Å²) in [5.41, 5.74) is 2.52. The molecule has 2 nitrogen and oxygen atoms in total. The Bertz CT molecular complexity index is 616. The summed E-state index contributed by atoms with van der Waals surface area (Å²) in [7, 11) is 0. The molecular weight excluding hydrogens is 236 g/mol. The highest BCUT2D eigenvalue weighted by atomic mass is 16.1.